The zero-order valence-corrected chi connectivity index (χ0v) is 14.5. The molecule has 1 fully saturated rings. The molecule has 0 bridgehead atoms. The molecule has 8 nitrogen and oxygen atoms in total. The quantitative estimate of drug-likeness (QED) is 0.634. The first-order chi connectivity index (χ1) is 13.0. The van der Waals surface area contributed by atoms with Gasteiger partial charge in [-0.05, 0) is 31.0 Å². The maximum absolute atomic E-state index is 13.1. The van der Waals surface area contributed by atoms with Gasteiger partial charge in [0.25, 0.3) is 5.91 Å². The van der Waals surface area contributed by atoms with Gasteiger partial charge in [0.15, 0.2) is 5.75 Å². The van der Waals surface area contributed by atoms with Gasteiger partial charge in [0.2, 0.25) is 0 Å². The van der Waals surface area contributed by atoms with Crippen molar-refractivity contribution in [3.8, 4) is 5.75 Å². The van der Waals surface area contributed by atoms with Crippen molar-refractivity contribution in [1.29, 1.82) is 0 Å². The number of nitrogens with one attached hydrogen (secondary N) is 1. The van der Waals surface area contributed by atoms with Gasteiger partial charge in [0.05, 0.1) is 16.6 Å². The Morgan fingerprint density at radius 2 is 2.11 bits per heavy atom. The van der Waals surface area contributed by atoms with E-state index in [1.54, 1.807) is 29.2 Å². The summed E-state index contributed by atoms with van der Waals surface area (Å²) in [7, 11) is 0. The number of anilines is 1. The third kappa shape index (κ3) is 3.19. The van der Waals surface area contributed by atoms with Crippen LogP contribution >= 0.6 is 0 Å². The van der Waals surface area contributed by atoms with Crippen LogP contribution in [0.1, 0.15) is 34.9 Å². The monoisotopic (exact) mass is 369 g/mol. The molecule has 0 aliphatic carbocycles. The lowest BCUT2D eigenvalue weighted by atomic mass is 10.0. The minimum absolute atomic E-state index is 0.0596. The minimum atomic E-state index is -0.637. The Balaban J connectivity index is 1.74. The first-order valence-corrected chi connectivity index (χ1v) is 8.80. The van der Waals surface area contributed by atoms with E-state index >= 15 is 0 Å². The molecule has 2 aliphatic rings. The predicted octanol–water partition coefficient (Wildman–Crippen LogP) is 3.05. The number of benzene rings is 2. The Bertz CT molecular complexity index is 895. The van der Waals surface area contributed by atoms with Gasteiger partial charge in [0, 0.05) is 30.5 Å². The average molecular weight is 369 g/mol. The molecule has 2 aromatic rings. The molecule has 27 heavy (non-hydrogen) atoms. The van der Waals surface area contributed by atoms with Crippen molar-refractivity contribution in [2.24, 2.45) is 0 Å². The second-order valence-electron chi connectivity index (χ2n) is 6.69. The highest BCUT2D eigenvalue weighted by Gasteiger charge is 2.36. The minimum Gasteiger partial charge on any atom is -0.502 e. The van der Waals surface area contributed by atoms with Gasteiger partial charge >= 0.3 is 5.69 Å². The van der Waals surface area contributed by atoms with Gasteiger partial charge in [-0.25, -0.2) is 0 Å². The van der Waals surface area contributed by atoms with Crippen LogP contribution in [0, 0.1) is 10.1 Å². The maximum Gasteiger partial charge on any atom is 0.311 e. The Kier molecular flexibility index (Phi) is 4.41. The molecule has 2 N–H and O–H groups in total. The van der Waals surface area contributed by atoms with Crippen molar-refractivity contribution >= 4 is 17.3 Å². The number of para-hydroxylation sites is 1. The lowest BCUT2D eigenvalue weighted by molar-refractivity contribution is -0.385. The fourth-order valence-corrected chi connectivity index (χ4v) is 3.61. The van der Waals surface area contributed by atoms with E-state index in [1.807, 2.05) is 6.07 Å². The predicted molar refractivity (Wildman–Crippen MR) is 97.6 cm³/mol. The number of phenolic OH excluding ortho intramolecular Hbond substituents is 1. The Morgan fingerprint density at radius 1 is 1.30 bits per heavy atom. The number of carbonyl (C=O) groups is 1. The van der Waals surface area contributed by atoms with Crippen LogP contribution in [0.3, 0.4) is 0 Å². The van der Waals surface area contributed by atoms with Gasteiger partial charge in [-0.15, -0.1) is 0 Å². The van der Waals surface area contributed by atoms with Gasteiger partial charge < -0.3 is 20.1 Å². The zero-order valence-electron chi connectivity index (χ0n) is 14.5. The van der Waals surface area contributed by atoms with Crippen LogP contribution < -0.4 is 5.32 Å². The number of rotatable bonds is 4. The van der Waals surface area contributed by atoms with Crippen molar-refractivity contribution in [3.05, 3.63) is 63.7 Å². The lowest BCUT2D eigenvalue weighted by Crippen LogP contribution is -2.46. The van der Waals surface area contributed by atoms with E-state index in [0.717, 1.165) is 12.8 Å². The van der Waals surface area contributed by atoms with Crippen LogP contribution in [0.25, 0.3) is 0 Å². The number of fused-ring (bicyclic) bond motifs is 1. The summed E-state index contributed by atoms with van der Waals surface area (Å²) in [5, 5.41) is 24.2. The van der Waals surface area contributed by atoms with Crippen LogP contribution in [0.4, 0.5) is 11.4 Å². The van der Waals surface area contributed by atoms with Crippen molar-refractivity contribution in [1.82, 2.24) is 4.90 Å². The number of ether oxygens (including phenoxy) is 1. The molecule has 140 valence electrons. The molecule has 2 heterocycles. The van der Waals surface area contributed by atoms with Gasteiger partial charge in [-0.2, -0.15) is 0 Å². The number of aromatic hydroxyl groups is 1. The number of phenols is 1. The van der Waals surface area contributed by atoms with E-state index in [4.69, 9.17) is 4.74 Å². The Morgan fingerprint density at radius 3 is 2.85 bits per heavy atom. The van der Waals surface area contributed by atoms with Crippen molar-refractivity contribution < 1.29 is 19.6 Å². The highest BCUT2D eigenvalue weighted by molar-refractivity contribution is 6.01. The van der Waals surface area contributed by atoms with Crippen LogP contribution in [0.5, 0.6) is 5.75 Å². The van der Waals surface area contributed by atoms with E-state index in [1.165, 1.54) is 12.1 Å². The zero-order chi connectivity index (χ0) is 19.0. The van der Waals surface area contributed by atoms with E-state index in [-0.39, 0.29) is 12.0 Å². The van der Waals surface area contributed by atoms with Crippen LogP contribution in [-0.4, -0.2) is 40.1 Å². The molecule has 0 spiro atoms. The molecular formula is C19H19N3O5. The second-order valence-corrected chi connectivity index (χ2v) is 6.69. The second kappa shape index (κ2) is 6.88. The normalized spacial score (nSPS) is 21.6. The third-order valence-electron chi connectivity index (χ3n) is 4.96. The van der Waals surface area contributed by atoms with E-state index in [9.17, 15) is 20.0 Å². The number of carbonyl (C=O) groups excluding carboxylic acids is 1. The first kappa shape index (κ1) is 17.3. The van der Waals surface area contributed by atoms with Crippen molar-refractivity contribution in [2.75, 3.05) is 18.5 Å². The Hall–Kier alpha value is -3.13. The smallest absolute Gasteiger partial charge is 0.311 e. The molecule has 2 aliphatic heterocycles. The number of hydrogen-bond donors (Lipinski definition) is 2. The largest absolute Gasteiger partial charge is 0.502 e. The summed E-state index contributed by atoms with van der Waals surface area (Å²) in [6.45, 7) is 1.06. The SMILES string of the molecule is O=C1c2ccccc2N[C@@H](c2ccc(O)c([N+](=O)[O-])c2)N1C[C@@H]1CCCO1. The first-order valence-electron chi connectivity index (χ1n) is 8.80. The topological polar surface area (TPSA) is 105 Å². The summed E-state index contributed by atoms with van der Waals surface area (Å²) in [5.74, 6) is -0.558. The average Bonchev–Trinajstić information content (AvgIpc) is 3.17. The van der Waals surface area contributed by atoms with Gasteiger partial charge in [-0.1, -0.05) is 18.2 Å². The standard InChI is InChI=1S/C19H19N3O5/c23-17-8-7-12(10-16(17)22(25)26)18-20-15-6-2-1-5-14(15)19(24)21(18)11-13-4-3-9-27-13/h1-2,5-8,10,13,18,20,23H,3-4,9,11H2/t13-,18+/m0/s1. The van der Waals surface area contributed by atoms with E-state index < -0.39 is 22.5 Å². The van der Waals surface area contributed by atoms with Gasteiger partial charge in [0.1, 0.15) is 6.17 Å². The molecule has 0 saturated carbocycles. The van der Waals surface area contributed by atoms with Gasteiger partial charge in [-0.3, -0.25) is 14.9 Å². The summed E-state index contributed by atoms with van der Waals surface area (Å²) in [5.41, 5.74) is 1.37. The molecule has 1 saturated heterocycles. The highest BCUT2D eigenvalue weighted by Crippen LogP contribution is 2.37. The number of amides is 1. The van der Waals surface area contributed by atoms with E-state index in [2.05, 4.69) is 5.32 Å². The summed E-state index contributed by atoms with van der Waals surface area (Å²) >= 11 is 0. The van der Waals surface area contributed by atoms with Crippen LogP contribution in [0.2, 0.25) is 0 Å². The van der Waals surface area contributed by atoms with E-state index in [0.29, 0.717) is 30.0 Å². The molecule has 2 aromatic carbocycles. The summed E-state index contributed by atoms with van der Waals surface area (Å²) in [6, 6.07) is 11.4. The maximum atomic E-state index is 13.1. The molecule has 2 atom stereocenters. The fraction of sp³-hybridized carbons (Fsp3) is 0.316. The molecule has 4 rings (SSSR count). The molecule has 8 heteroatoms. The third-order valence-corrected chi connectivity index (χ3v) is 4.96. The molecule has 0 radical (unpaired) electrons. The highest BCUT2D eigenvalue weighted by atomic mass is 16.6. The van der Waals surface area contributed by atoms with Crippen molar-refractivity contribution in [3.63, 3.8) is 0 Å². The van der Waals surface area contributed by atoms with Crippen LogP contribution in [0.15, 0.2) is 42.5 Å². The fourth-order valence-electron chi connectivity index (χ4n) is 3.61. The number of nitro groups is 1. The molecule has 0 aromatic heterocycles. The van der Waals surface area contributed by atoms with Crippen LogP contribution in [-0.2, 0) is 4.74 Å². The lowest BCUT2D eigenvalue weighted by Gasteiger charge is -2.39. The van der Waals surface area contributed by atoms with Crippen molar-refractivity contribution in [2.45, 2.75) is 25.1 Å². The summed E-state index contributed by atoms with van der Waals surface area (Å²) in [6.07, 6.45) is 1.17. The molecular weight excluding hydrogens is 350 g/mol. The summed E-state index contributed by atoms with van der Waals surface area (Å²) in [4.78, 5) is 25.3. The Labute approximate surface area is 155 Å². The summed E-state index contributed by atoms with van der Waals surface area (Å²) < 4.78 is 5.69. The number of nitrogens with zero attached hydrogens (tertiary/aromatic N) is 2. The number of nitro benzene ring substituents is 1. The number of hydrogen-bond acceptors (Lipinski definition) is 6. The molecule has 0 unspecified atom stereocenters. The molecule has 1 amide bonds.